The monoisotopic (exact) mass is 312 g/mol. The van der Waals surface area contributed by atoms with Crippen molar-refractivity contribution in [2.75, 3.05) is 20.8 Å². The van der Waals surface area contributed by atoms with E-state index in [9.17, 15) is 14.9 Å². The van der Waals surface area contributed by atoms with Gasteiger partial charge in [-0.15, -0.1) is 0 Å². The van der Waals surface area contributed by atoms with Crippen LogP contribution in [0.25, 0.3) is 0 Å². The van der Waals surface area contributed by atoms with Gasteiger partial charge in [0, 0.05) is 12.5 Å². The van der Waals surface area contributed by atoms with Crippen molar-refractivity contribution in [2.45, 2.75) is 25.8 Å². The van der Waals surface area contributed by atoms with Gasteiger partial charge >= 0.3 is 5.97 Å². The van der Waals surface area contributed by atoms with Crippen LogP contribution in [0.3, 0.4) is 0 Å². The Morgan fingerprint density at radius 3 is 2.55 bits per heavy atom. The SMILES string of the molecule is COC(=O)CCCOc1cc([N+](=O)[O-])c([C@@H](C)N)cc1OC. The molecule has 1 aromatic carbocycles. The summed E-state index contributed by atoms with van der Waals surface area (Å²) in [6.07, 6.45) is 0.636. The van der Waals surface area contributed by atoms with Crippen LogP contribution in [0.4, 0.5) is 5.69 Å². The average molecular weight is 312 g/mol. The first-order valence-electron chi connectivity index (χ1n) is 6.72. The largest absolute Gasteiger partial charge is 0.493 e. The zero-order valence-corrected chi connectivity index (χ0v) is 12.8. The van der Waals surface area contributed by atoms with Gasteiger partial charge in [0.25, 0.3) is 5.69 Å². The van der Waals surface area contributed by atoms with Gasteiger partial charge in [-0.3, -0.25) is 14.9 Å². The van der Waals surface area contributed by atoms with Gasteiger partial charge in [-0.25, -0.2) is 0 Å². The summed E-state index contributed by atoms with van der Waals surface area (Å²) < 4.78 is 15.2. The maximum Gasteiger partial charge on any atom is 0.305 e. The fraction of sp³-hybridized carbons (Fsp3) is 0.500. The van der Waals surface area contributed by atoms with E-state index in [4.69, 9.17) is 15.2 Å². The summed E-state index contributed by atoms with van der Waals surface area (Å²) in [5, 5.41) is 11.1. The Balaban J connectivity index is 2.91. The quantitative estimate of drug-likeness (QED) is 0.338. The molecule has 0 bridgehead atoms. The number of nitro groups is 1. The highest BCUT2D eigenvalue weighted by Gasteiger charge is 2.22. The van der Waals surface area contributed by atoms with Crippen LogP contribution in [0.15, 0.2) is 12.1 Å². The predicted octanol–water partition coefficient (Wildman–Crippen LogP) is 1.96. The van der Waals surface area contributed by atoms with Crippen molar-refractivity contribution >= 4 is 11.7 Å². The van der Waals surface area contributed by atoms with E-state index in [1.54, 1.807) is 6.92 Å². The van der Waals surface area contributed by atoms with Crippen LogP contribution < -0.4 is 15.2 Å². The van der Waals surface area contributed by atoms with Gasteiger partial charge in [0.15, 0.2) is 11.5 Å². The van der Waals surface area contributed by atoms with Crippen molar-refractivity contribution < 1.29 is 23.9 Å². The van der Waals surface area contributed by atoms with Crippen LogP contribution in [0.2, 0.25) is 0 Å². The van der Waals surface area contributed by atoms with Crippen LogP contribution in [-0.4, -0.2) is 31.7 Å². The molecule has 0 aliphatic carbocycles. The number of rotatable bonds is 8. The highest BCUT2D eigenvalue weighted by Crippen LogP contribution is 2.36. The standard InChI is InChI=1S/C14H20N2O6/c1-9(15)10-7-12(20-2)13(8-11(10)16(18)19)22-6-4-5-14(17)21-3/h7-9H,4-6,15H2,1-3H3/t9-/m1/s1. The third-order valence-corrected chi connectivity index (χ3v) is 3.01. The van der Waals surface area contributed by atoms with Gasteiger partial charge < -0.3 is 19.9 Å². The summed E-state index contributed by atoms with van der Waals surface area (Å²) in [4.78, 5) is 21.6. The molecule has 0 amide bonds. The number of methoxy groups -OCH3 is 2. The molecule has 0 spiro atoms. The molecule has 0 heterocycles. The zero-order valence-electron chi connectivity index (χ0n) is 12.8. The van der Waals surface area contributed by atoms with Gasteiger partial charge in [0.05, 0.1) is 37.4 Å². The van der Waals surface area contributed by atoms with Crippen LogP contribution in [-0.2, 0) is 9.53 Å². The number of carbonyl (C=O) groups excluding carboxylic acids is 1. The number of carbonyl (C=O) groups is 1. The fourth-order valence-corrected chi connectivity index (χ4v) is 1.86. The zero-order chi connectivity index (χ0) is 16.7. The second-order valence-corrected chi connectivity index (χ2v) is 4.64. The van der Waals surface area contributed by atoms with Crippen molar-refractivity contribution in [3.8, 4) is 11.5 Å². The Kier molecular flexibility index (Phi) is 6.58. The molecule has 0 aliphatic rings. The molecule has 8 nitrogen and oxygen atoms in total. The van der Waals surface area contributed by atoms with Gasteiger partial charge in [0.2, 0.25) is 0 Å². The average Bonchev–Trinajstić information content (AvgIpc) is 2.50. The molecule has 1 aromatic rings. The molecule has 0 saturated heterocycles. The number of benzene rings is 1. The molecule has 1 rings (SSSR count). The molecule has 0 aliphatic heterocycles. The maximum absolute atomic E-state index is 11.1. The van der Waals surface area contributed by atoms with Crippen LogP contribution >= 0.6 is 0 Å². The van der Waals surface area contributed by atoms with Gasteiger partial charge in [-0.2, -0.15) is 0 Å². The first kappa shape index (κ1) is 17.7. The van der Waals surface area contributed by atoms with Crippen LogP contribution in [0.1, 0.15) is 31.4 Å². The molecule has 0 radical (unpaired) electrons. The van der Waals surface area contributed by atoms with E-state index in [0.717, 1.165) is 0 Å². The second kappa shape index (κ2) is 8.18. The van der Waals surface area contributed by atoms with E-state index in [1.165, 1.54) is 26.4 Å². The number of esters is 1. The summed E-state index contributed by atoms with van der Waals surface area (Å²) in [7, 11) is 2.75. The van der Waals surface area contributed by atoms with Crippen molar-refractivity contribution in [1.29, 1.82) is 0 Å². The molecule has 8 heteroatoms. The normalized spacial score (nSPS) is 11.6. The van der Waals surface area contributed by atoms with E-state index in [-0.39, 0.29) is 30.4 Å². The highest BCUT2D eigenvalue weighted by molar-refractivity contribution is 5.69. The molecule has 1 atom stereocenters. The van der Waals surface area contributed by atoms with Crippen molar-refractivity contribution in [3.63, 3.8) is 0 Å². The summed E-state index contributed by atoms with van der Waals surface area (Å²) in [6, 6.07) is 2.27. The lowest BCUT2D eigenvalue weighted by Gasteiger charge is -2.14. The first-order valence-corrected chi connectivity index (χ1v) is 6.72. The Morgan fingerprint density at radius 1 is 1.36 bits per heavy atom. The number of nitro benzene ring substituents is 1. The molecular formula is C14H20N2O6. The van der Waals surface area contributed by atoms with E-state index in [1.807, 2.05) is 0 Å². The third kappa shape index (κ3) is 4.59. The lowest BCUT2D eigenvalue weighted by Crippen LogP contribution is -2.10. The van der Waals surface area contributed by atoms with Crippen molar-refractivity contribution in [3.05, 3.63) is 27.8 Å². The lowest BCUT2D eigenvalue weighted by molar-refractivity contribution is -0.385. The predicted molar refractivity (Wildman–Crippen MR) is 79.0 cm³/mol. The van der Waals surface area contributed by atoms with Gasteiger partial charge in [0.1, 0.15) is 0 Å². The van der Waals surface area contributed by atoms with Gasteiger partial charge in [-0.1, -0.05) is 0 Å². The Labute approximate surface area is 128 Å². The smallest absolute Gasteiger partial charge is 0.305 e. The number of nitrogens with two attached hydrogens (primary N) is 1. The minimum Gasteiger partial charge on any atom is -0.493 e. The molecule has 0 unspecified atom stereocenters. The highest BCUT2D eigenvalue weighted by atomic mass is 16.6. The fourth-order valence-electron chi connectivity index (χ4n) is 1.86. The minimum atomic E-state index is -0.514. The molecule has 0 saturated carbocycles. The minimum absolute atomic E-state index is 0.126. The maximum atomic E-state index is 11.1. The number of hydrogen-bond acceptors (Lipinski definition) is 7. The van der Waals surface area contributed by atoms with Crippen LogP contribution in [0.5, 0.6) is 11.5 Å². The summed E-state index contributed by atoms with van der Waals surface area (Å²) >= 11 is 0. The third-order valence-electron chi connectivity index (χ3n) is 3.01. The summed E-state index contributed by atoms with van der Waals surface area (Å²) in [5.41, 5.74) is 5.98. The molecule has 0 fully saturated rings. The summed E-state index contributed by atoms with van der Waals surface area (Å²) in [5.74, 6) is 0.258. The molecule has 0 aromatic heterocycles. The second-order valence-electron chi connectivity index (χ2n) is 4.64. The van der Waals surface area contributed by atoms with E-state index < -0.39 is 11.0 Å². The Morgan fingerprint density at radius 2 is 2.05 bits per heavy atom. The number of hydrogen-bond donors (Lipinski definition) is 1. The Hall–Kier alpha value is -2.35. The van der Waals surface area contributed by atoms with Crippen LogP contribution in [0, 0.1) is 10.1 Å². The van der Waals surface area contributed by atoms with Crippen molar-refractivity contribution in [1.82, 2.24) is 0 Å². The summed E-state index contributed by atoms with van der Waals surface area (Å²) in [6.45, 7) is 1.86. The molecule has 2 N–H and O–H groups in total. The van der Waals surface area contributed by atoms with Gasteiger partial charge in [-0.05, 0) is 19.4 Å². The molecular weight excluding hydrogens is 292 g/mol. The topological polar surface area (TPSA) is 114 Å². The number of ether oxygens (including phenoxy) is 3. The first-order chi connectivity index (χ1) is 10.4. The molecule has 22 heavy (non-hydrogen) atoms. The van der Waals surface area contributed by atoms with Crippen molar-refractivity contribution in [2.24, 2.45) is 5.73 Å². The van der Waals surface area contributed by atoms with E-state index >= 15 is 0 Å². The van der Waals surface area contributed by atoms with E-state index in [0.29, 0.717) is 17.7 Å². The Bertz CT molecular complexity index is 544. The molecule has 122 valence electrons. The lowest BCUT2D eigenvalue weighted by atomic mass is 10.1. The van der Waals surface area contributed by atoms with E-state index in [2.05, 4.69) is 4.74 Å². The number of nitrogens with zero attached hydrogens (tertiary/aromatic N) is 1.